The third kappa shape index (κ3) is 3.42. The van der Waals surface area contributed by atoms with Gasteiger partial charge in [-0.25, -0.2) is 0 Å². The molecule has 0 spiro atoms. The van der Waals surface area contributed by atoms with Gasteiger partial charge < -0.3 is 14.6 Å². The summed E-state index contributed by atoms with van der Waals surface area (Å²) in [5.74, 6) is 1.04. The number of rotatable bonds is 6. The van der Waals surface area contributed by atoms with Gasteiger partial charge >= 0.3 is 0 Å². The Kier molecular flexibility index (Phi) is 4.38. The topological polar surface area (TPSA) is 28.4 Å². The Morgan fingerprint density at radius 2 is 1.85 bits per heavy atom. The Balaban J connectivity index is 1.43. The molecule has 0 aliphatic carbocycles. The lowest BCUT2D eigenvalue weighted by Gasteiger charge is -2.17. The van der Waals surface area contributed by atoms with Crippen LogP contribution in [0.1, 0.15) is 24.2 Å². The third-order valence-electron chi connectivity index (χ3n) is 3.86. The van der Waals surface area contributed by atoms with Crippen LogP contribution >= 0.6 is 0 Å². The molecule has 0 radical (unpaired) electrons. The summed E-state index contributed by atoms with van der Waals surface area (Å²) in [5, 5.41) is 3.46. The minimum atomic E-state index is 0.918. The van der Waals surface area contributed by atoms with Crippen molar-refractivity contribution in [2.24, 2.45) is 0 Å². The van der Waals surface area contributed by atoms with Crippen molar-refractivity contribution in [3.8, 4) is 0 Å². The van der Waals surface area contributed by atoms with Crippen LogP contribution in [0.2, 0.25) is 0 Å². The maximum atomic E-state index is 5.31. The fourth-order valence-electron chi connectivity index (χ4n) is 2.70. The van der Waals surface area contributed by atoms with Gasteiger partial charge in [0.2, 0.25) is 0 Å². The summed E-state index contributed by atoms with van der Waals surface area (Å²) in [5.41, 5.74) is 2.70. The first-order valence-electron chi connectivity index (χ1n) is 7.49. The normalized spacial score (nSPS) is 14.9. The zero-order chi connectivity index (χ0) is 13.6. The Bertz CT molecular complexity index is 498. The molecule has 1 aliphatic rings. The van der Waals surface area contributed by atoms with Gasteiger partial charge in [0.1, 0.15) is 5.76 Å². The molecule has 106 valence electrons. The van der Waals surface area contributed by atoms with Crippen molar-refractivity contribution in [1.82, 2.24) is 5.32 Å². The van der Waals surface area contributed by atoms with Crippen molar-refractivity contribution in [2.75, 3.05) is 24.5 Å². The van der Waals surface area contributed by atoms with Gasteiger partial charge in [-0.05, 0) is 42.7 Å². The largest absolute Gasteiger partial charge is 0.469 e. The zero-order valence-electron chi connectivity index (χ0n) is 11.8. The summed E-state index contributed by atoms with van der Waals surface area (Å²) >= 11 is 0. The fraction of sp³-hybridized carbons (Fsp3) is 0.412. The van der Waals surface area contributed by atoms with Crippen LogP contribution in [-0.4, -0.2) is 19.6 Å². The van der Waals surface area contributed by atoms with Gasteiger partial charge in [-0.3, -0.25) is 0 Å². The summed E-state index contributed by atoms with van der Waals surface area (Å²) in [4.78, 5) is 2.47. The molecule has 3 nitrogen and oxygen atoms in total. The molecule has 0 amide bonds. The van der Waals surface area contributed by atoms with Gasteiger partial charge in [0.15, 0.2) is 0 Å². The lowest BCUT2D eigenvalue weighted by atomic mass is 10.2. The first-order chi connectivity index (χ1) is 9.92. The van der Waals surface area contributed by atoms with E-state index in [1.807, 2.05) is 12.1 Å². The summed E-state index contributed by atoms with van der Waals surface area (Å²) in [6, 6.07) is 12.9. The second-order valence-electron chi connectivity index (χ2n) is 5.37. The Labute approximate surface area is 120 Å². The molecule has 1 aromatic carbocycles. The number of furan rings is 1. The number of hydrogen-bond donors (Lipinski definition) is 1. The third-order valence-corrected chi connectivity index (χ3v) is 3.86. The van der Waals surface area contributed by atoms with Crippen molar-refractivity contribution in [2.45, 2.75) is 25.8 Å². The number of hydrogen-bond acceptors (Lipinski definition) is 3. The van der Waals surface area contributed by atoms with Crippen LogP contribution in [0.3, 0.4) is 0 Å². The first kappa shape index (κ1) is 13.3. The Morgan fingerprint density at radius 1 is 1.05 bits per heavy atom. The van der Waals surface area contributed by atoms with Gasteiger partial charge in [0, 0.05) is 38.3 Å². The quantitative estimate of drug-likeness (QED) is 0.817. The predicted octanol–water partition coefficient (Wildman–Crippen LogP) is 3.21. The van der Waals surface area contributed by atoms with E-state index in [1.54, 1.807) is 6.26 Å². The van der Waals surface area contributed by atoms with E-state index in [2.05, 4.69) is 34.5 Å². The summed E-state index contributed by atoms with van der Waals surface area (Å²) < 4.78 is 5.31. The molecule has 1 saturated heterocycles. The number of nitrogens with one attached hydrogen (secondary N) is 1. The standard InChI is InChI=1S/C17H22N2O/c1-2-12-19(11-1)16-7-5-15(6-8-16)14-18-10-9-17-4-3-13-20-17/h3-8,13,18H,1-2,9-12,14H2. The van der Waals surface area contributed by atoms with Crippen LogP contribution < -0.4 is 10.2 Å². The molecule has 3 rings (SSSR count). The van der Waals surface area contributed by atoms with Gasteiger partial charge in [-0.1, -0.05) is 12.1 Å². The molecule has 3 heteroatoms. The molecule has 1 N–H and O–H groups in total. The number of anilines is 1. The van der Waals surface area contributed by atoms with Gasteiger partial charge in [0.05, 0.1) is 6.26 Å². The average molecular weight is 270 g/mol. The molecule has 0 unspecified atom stereocenters. The molecule has 1 fully saturated rings. The summed E-state index contributed by atoms with van der Waals surface area (Å²) in [7, 11) is 0. The molecule has 20 heavy (non-hydrogen) atoms. The average Bonchev–Trinajstić information content (AvgIpc) is 3.17. The van der Waals surface area contributed by atoms with Crippen LogP contribution in [-0.2, 0) is 13.0 Å². The molecule has 2 aromatic rings. The molecule has 1 aliphatic heterocycles. The van der Waals surface area contributed by atoms with Crippen LogP contribution in [0.4, 0.5) is 5.69 Å². The molecule has 0 saturated carbocycles. The van der Waals surface area contributed by atoms with E-state index in [1.165, 1.54) is 37.2 Å². The van der Waals surface area contributed by atoms with E-state index < -0.39 is 0 Å². The van der Waals surface area contributed by atoms with Crippen LogP contribution in [0, 0.1) is 0 Å². The molecular formula is C17H22N2O. The summed E-state index contributed by atoms with van der Waals surface area (Å²) in [6.45, 7) is 4.28. The van der Waals surface area contributed by atoms with Crippen molar-refractivity contribution < 1.29 is 4.42 Å². The van der Waals surface area contributed by atoms with E-state index in [-0.39, 0.29) is 0 Å². The number of benzene rings is 1. The van der Waals surface area contributed by atoms with Gasteiger partial charge in [-0.15, -0.1) is 0 Å². The van der Waals surface area contributed by atoms with Crippen LogP contribution in [0.15, 0.2) is 47.1 Å². The molecule has 0 bridgehead atoms. The Hall–Kier alpha value is -1.74. The lowest BCUT2D eigenvalue weighted by molar-refractivity contribution is 0.499. The van der Waals surface area contributed by atoms with E-state index in [0.29, 0.717) is 0 Å². The summed E-state index contributed by atoms with van der Waals surface area (Å²) in [6.07, 6.45) is 5.33. The minimum Gasteiger partial charge on any atom is -0.469 e. The highest BCUT2D eigenvalue weighted by Crippen LogP contribution is 2.20. The SMILES string of the molecule is c1coc(CCNCc2ccc(N3CCCC3)cc2)c1. The van der Waals surface area contributed by atoms with Crippen molar-refractivity contribution >= 4 is 5.69 Å². The molecule has 0 atom stereocenters. The highest BCUT2D eigenvalue weighted by Gasteiger charge is 2.11. The van der Waals surface area contributed by atoms with E-state index >= 15 is 0 Å². The second kappa shape index (κ2) is 6.62. The van der Waals surface area contributed by atoms with Crippen LogP contribution in [0.5, 0.6) is 0 Å². The first-order valence-corrected chi connectivity index (χ1v) is 7.49. The predicted molar refractivity (Wildman–Crippen MR) is 82.0 cm³/mol. The fourth-order valence-corrected chi connectivity index (χ4v) is 2.70. The van der Waals surface area contributed by atoms with E-state index in [9.17, 15) is 0 Å². The van der Waals surface area contributed by atoms with Crippen molar-refractivity contribution in [1.29, 1.82) is 0 Å². The maximum absolute atomic E-state index is 5.31. The van der Waals surface area contributed by atoms with Gasteiger partial charge in [-0.2, -0.15) is 0 Å². The van der Waals surface area contributed by atoms with Gasteiger partial charge in [0.25, 0.3) is 0 Å². The number of nitrogens with zero attached hydrogens (tertiary/aromatic N) is 1. The van der Waals surface area contributed by atoms with Crippen LogP contribution in [0.25, 0.3) is 0 Å². The molecule has 1 aromatic heterocycles. The highest BCUT2D eigenvalue weighted by molar-refractivity contribution is 5.48. The zero-order valence-corrected chi connectivity index (χ0v) is 11.8. The molecule has 2 heterocycles. The minimum absolute atomic E-state index is 0.918. The van der Waals surface area contributed by atoms with E-state index in [4.69, 9.17) is 4.42 Å². The maximum Gasteiger partial charge on any atom is 0.105 e. The van der Waals surface area contributed by atoms with E-state index in [0.717, 1.165) is 25.3 Å². The highest BCUT2D eigenvalue weighted by atomic mass is 16.3. The lowest BCUT2D eigenvalue weighted by Crippen LogP contribution is -2.18. The monoisotopic (exact) mass is 270 g/mol. The second-order valence-corrected chi connectivity index (χ2v) is 5.37. The smallest absolute Gasteiger partial charge is 0.105 e. The van der Waals surface area contributed by atoms with Crippen molar-refractivity contribution in [3.05, 3.63) is 54.0 Å². The Morgan fingerprint density at radius 3 is 2.55 bits per heavy atom. The molecular weight excluding hydrogens is 248 g/mol. The van der Waals surface area contributed by atoms with Crippen molar-refractivity contribution in [3.63, 3.8) is 0 Å².